The summed E-state index contributed by atoms with van der Waals surface area (Å²) >= 11 is 11.5. The Balaban J connectivity index is 3.21. The quantitative estimate of drug-likeness (QED) is 0.531. The standard InChI is InChI=1S/C8H7BrClI/c1-5-2-8(11)7(9)3-6(5)4-10/h2-3H,4H2,1H3. The third kappa shape index (κ3) is 2.33. The molecule has 3 heteroatoms. The van der Waals surface area contributed by atoms with Crippen LogP contribution in [0, 0.1) is 10.5 Å². The van der Waals surface area contributed by atoms with Crippen LogP contribution in [-0.2, 0) is 5.88 Å². The second-order valence-electron chi connectivity index (χ2n) is 2.33. The predicted molar refractivity (Wildman–Crippen MR) is 61.2 cm³/mol. The molecule has 0 amide bonds. The predicted octanol–water partition coefficient (Wildman–Crippen LogP) is 4.10. The van der Waals surface area contributed by atoms with E-state index >= 15 is 0 Å². The molecule has 0 fully saturated rings. The van der Waals surface area contributed by atoms with Crippen molar-refractivity contribution in [2.45, 2.75) is 12.8 Å². The lowest BCUT2D eigenvalue weighted by atomic mass is 10.1. The lowest BCUT2D eigenvalue weighted by molar-refractivity contribution is 1.28. The van der Waals surface area contributed by atoms with Crippen molar-refractivity contribution in [2.24, 2.45) is 0 Å². The van der Waals surface area contributed by atoms with Crippen molar-refractivity contribution in [2.75, 3.05) is 0 Å². The fourth-order valence-corrected chi connectivity index (χ4v) is 2.13. The van der Waals surface area contributed by atoms with Gasteiger partial charge in [0.15, 0.2) is 0 Å². The number of hydrogen-bond acceptors (Lipinski definition) is 0. The molecule has 0 unspecified atom stereocenters. The van der Waals surface area contributed by atoms with Crippen LogP contribution in [0.5, 0.6) is 0 Å². The van der Waals surface area contributed by atoms with Crippen molar-refractivity contribution < 1.29 is 0 Å². The van der Waals surface area contributed by atoms with Gasteiger partial charge >= 0.3 is 0 Å². The molecule has 0 nitrogen and oxygen atoms in total. The van der Waals surface area contributed by atoms with Crippen molar-refractivity contribution in [3.05, 3.63) is 31.3 Å². The van der Waals surface area contributed by atoms with Gasteiger partial charge in [-0.05, 0) is 68.7 Å². The number of halogens is 3. The third-order valence-electron chi connectivity index (χ3n) is 1.52. The van der Waals surface area contributed by atoms with Crippen LogP contribution >= 0.6 is 50.1 Å². The number of aryl methyl sites for hydroxylation is 1. The Morgan fingerprint density at radius 1 is 1.55 bits per heavy atom. The van der Waals surface area contributed by atoms with E-state index in [9.17, 15) is 0 Å². The summed E-state index contributed by atoms with van der Waals surface area (Å²) < 4.78 is 2.35. The van der Waals surface area contributed by atoms with Crippen LogP contribution in [0.15, 0.2) is 16.6 Å². The van der Waals surface area contributed by atoms with E-state index in [1.165, 1.54) is 14.7 Å². The zero-order valence-corrected chi connectivity index (χ0v) is 10.5. The van der Waals surface area contributed by atoms with E-state index in [0.717, 1.165) is 4.47 Å². The maximum Gasteiger partial charge on any atom is 0.0477 e. The Bertz CT molecular complexity index is 273. The summed E-state index contributed by atoms with van der Waals surface area (Å²) in [5.41, 5.74) is 2.45. The number of rotatable bonds is 1. The van der Waals surface area contributed by atoms with E-state index in [2.05, 4.69) is 57.6 Å². The Hall–Kier alpha value is 0.720. The average molecular weight is 345 g/mol. The van der Waals surface area contributed by atoms with Crippen molar-refractivity contribution in [1.82, 2.24) is 0 Å². The average Bonchev–Trinajstić information content (AvgIpc) is 1.97. The lowest BCUT2D eigenvalue weighted by Crippen LogP contribution is -1.86. The molecule has 0 saturated carbocycles. The Morgan fingerprint density at radius 3 is 2.73 bits per heavy atom. The van der Waals surface area contributed by atoms with E-state index in [1.807, 2.05) is 0 Å². The van der Waals surface area contributed by atoms with Gasteiger partial charge < -0.3 is 0 Å². The summed E-state index contributed by atoms with van der Waals surface area (Å²) in [5, 5.41) is 0. The second-order valence-corrected chi connectivity index (χ2v) is 4.61. The van der Waals surface area contributed by atoms with Gasteiger partial charge in [0, 0.05) is 13.9 Å². The van der Waals surface area contributed by atoms with Crippen molar-refractivity contribution in [3.63, 3.8) is 0 Å². The minimum atomic E-state index is 0.585. The molecule has 0 aliphatic rings. The molecule has 0 spiro atoms. The molecule has 0 heterocycles. The first kappa shape index (κ1) is 9.81. The van der Waals surface area contributed by atoms with Crippen LogP contribution in [0.3, 0.4) is 0 Å². The molecule has 0 aliphatic carbocycles. The summed E-state index contributed by atoms with van der Waals surface area (Å²) in [6.45, 7) is 2.08. The van der Waals surface area contributed by atoms with Crippen molar-refractivity contribution >= 4 is 50.1 Å². The fraction of sp³-hybridized carbons (Fsp3) is 0.250. The molecule has 1 aromatic rings. The Kier molecular flexibility index (Phi) is 3.65. The number of alkyl halides is 1. The Labute approximate surface area is 93.6 Å². The minimum absolute atomic E-state index is 0.585. The fourth-order valence-electron chi connectivity index (χ4n) is 0.831. The summed E-state index contributed by atoms with van der Waals surface area (Å²) in [7, 11) is 0. The van der Waals surface area contributed by atoms with Gasteiger partial charge in [0.1, 0.15) is 0 Å². The molecule has 0 aromatic heterocycles. The second kappa shape index (κ2) is 4.10. The molecule has 60 valence electrons. The Morgan fingerprint density at radius 2 is 2.18 bits per heavy atom. The van der Waals surface area contributed by atoms with Crippen LogP contribution in [0.2, 0.25) is 0 Å². The van der Waals surface area contributed by atoms with Gasteiger partial charge in [0.25, 0.3) is 0 Å². The van der Waals surface area contributed by atoms with Crippen molar-refractivity contribution in [3.8, 4) is 0 Å². The van der Waals surface area contributed by atoms with E-state index in [1.54, 1.807) is 0 Å². The van der Waals surface area contributed by atoms with E-state index in [-0.39, 0.29) is 0 Å². The molecular weight excluding hydrogens is 338 g/mol. The first-order chi connectivity index (χ1) is 5.15. The molecule has 1 rings (SSSR count). The zero-order chi connectivity index (χ0) is 8.43. The molecule has 0 atom stereocenters. The van der Waals surface area contributed by atoms with Gasteiger partial charge in [0.05, 0.1) is 0 Å². The number of hydrogen-bond donors (Lipinski definition) is 0. The first-order valence-corrected chi connectivity index (χ1v) is 5.56. The summed E-state index contributed by atoms with van der Waals surface area (Å²) in [4.78, 5) is 0. The smallest absolute Gasteiger partial charge is 0.0477 e. The molecule has 0 N–H and O–H groups in total. The molecule has 0 radical (unpaired) electrons. The first-order valence-electron chi connectivity index (χ1n) is 3.15. The largest absolute Gasteiger partial charge is 0.122 e. The van der Waals surface area contributed by atoms with Gasteiger partial charge in [-0.15, -0.1) is 11.6 Å². The van der Waals surface area contributed by atoms with E-state index < -0.39 is 0 Å². The molecule has 0 saturated heterocycles. The van der Waals surface area contributed by atoms with Gasteiger partial charge in [0.2, 0.25) is 0 Å². The maximum absolute atomic E-state index is 5.73. The molecule has 11 heavy (non-hydrogen) atoms. The minimum Gasteiger partial charge on any atom is -0.122 e. The van der Waals surface area contributed by atoms with E-state index in [0.29, 0.717) is 5.88 Å². The highest BCUT2D eigenvalue weighted by Gasteiger charge is 2.01. The summed E-state index contributed by atoms with van der Waals surface area (Å²) in [6, 6.07) is 4.20. The third-order valence-corrected chi connectivity index (χ3v) is 4.10. The van der Waals surface area contributed by atoms with Crippen LogP contribution < -0.4 is 0 Å². The molecule has 0 aliphatic heterocycles. The topological polar surface area (TPSA) is 0 Å². The highest BCUT2D eigenvalue weighted by molar-refractivity contribution is 14.1. The van der Waals surface area contributed by atoms with Crippen molar-refractivity contribution in [1.29, 1.82) is 0 Å². The van der Waals surface area contributed by atoms with Crippen LogP contribution in [-0.4, -0.2) is 0 Å². The van der Waals surface area contributed by atoms with E-state index in [4.69, 9.17) is 11.6 Å². The van der Waals surface area contributed by atoms with Gasteiger partial charge in [-0.3, -0.25) is 0 Å². The van der Waals surface area contributed by atoms with Gasteiger partial charge in [-0.25, -0.2) is 0 Å². The van der Waals surface area contributed by atoms with Crippen LogP contribution in [0.25, 0.3) is 0 Å². The normalized spacial score (nSPS) is 10.2. The molecule has 1 aromatic carbocycles. The number of benzene rings is 1. The monoisotopic (exact) mass is 344 g/mol. The molecule has 0 bridgehead atoms. The van der Waals surface area contributed by atoms with Crippen LogP contribution in [0.4, 0.5) is 0 Å². The van der Waals surface area contributed by atoms with Gasteiger partial charge in [-0.2, -0.15) is 0 Å². The highest BCUT2D eigenvalue weighted by Crippen LogP contribution is 2.24. The van der Waals surface area contributed by atoms with Gasteiger partial charge in [-0.1, -0.05) is 0 Å². The summed E-state index contributed by atoms with van der Waals surface area (Å²) in [6.07, 6.45) is 0. The van der Waals surface area contributed by atoms with Crippen LogP contribution in [0.1, 0.15) is 11.1 Å². The zero-order valence-electron chi connectivity index (χ0n) is 6.00. The molecular formula is C8H7BrClI. The summed E-state index contributed by atoms with van der Waals surface area (Å²) in [5.74, 6) is 0.585. The lowest BCUT2D eigenvalue weighted by Gasteiger charge is -2.03. The SMILES string of the molecule is Cc1cc(I)c(Br)cc1CCl. The maximum atomic E-state index is 5.73. The highest BCUT2D eigenvalue weighted by atomic mass is 127.